The van der Waals surface area contributed by atoms with E-state index in [-0.39, 0.29) is 56.3 Å². The van der Waals surface area contributed by atoms with Crippen LogP contribution in [-0.2, 0) is 39.8 Å². The Kier molecular flexibility index (Phi) is 12.0. The molecule has 2 aliphatic rings. The highest BCUT2D eigenvalue weighted by Gasteiger charge is 2.47. The molecule has 2 aromatic carbocycles. The largest absolute Gasteiger partial charge is 0.495 e. The molecule has 0 spiro atoms. The number of cyclic esters (lactones) is 2. The van der Waals surface area contributed by atoms with E-state index >= 15 is 0 Å². The van der Waals surface area contributed by atoms with Crippen molar-refractivity contribution in [3.63, 3.8) is 0 Å². The minimum Gasteiger partial charge on any atom is -0.495 e. The molecule has 2 aliphatic heterocycles. The summed E-state index contributed by atoms with van der Waals surface area (Å²) in [6.07, 6.45) is 1.28. The van der Waals surface area contributed by atoms with Crippen molar-refractivity contribution in [3.05, 3.63) is 76.8 Å². The van der Waals surface area contributed by atoms with Gasteiger partial charge >= 0.3 is 11.9 Å². The van der Waals surface area contributed by atoms with Crippen LogP contribution in [0.1, 0.15) is 57.3 Å². The highest BCUT2D eigenvalue weighted by molar-refractivity contribution is 6.32. The van der Waals surface area contributed by atoms with E-state index in [9.17, 15) is 19.2 Å². The van der Waals surface area contributed by atoms with Gasteiger partial charge in [-0.15, -0.1) is 0 Å². The number of hydrogen-bond donors (Lipinski definition) is 2. The minimum absolute atomic E-state index is 0.0431. The lowest BCUT2D eigenvalue weighted by atomic mass is 9.93. The van der Waals surface area contributed by atoms with Gasteiger partial charge in [-0.1, -0.05) is 74.8 Å². The smallest absolute Gasteiger partial charge is 0.347 e. The summed E-state index contributed by atoms with van der Waals surface area (Å²) >= 11 is 6.28. The van der Waals surface area contributed by atoms with Gasteiger partial charge in [-0.2, -0.15) is 0 Å². The highest BCUT2D eigenvalue weighted by atomic mass is 35.5. The summed E-state index contributed by atoms with van der Waals surface area (Å²) in [6, 6.07) is 13.9. The molecule has 6 atom stereocenters. The fourth-order valence-electron chi connectivity index (χ4n) is 5.30. The molecular weight excluding hydrogens is 600 g/mol. The number of carbonyl (C=O) groups is 4. The van der Waals surface area contributed by atoms with Crippen LogP contribution in [0.5, 0.6) is 5.75 Å². The zero-order valence-corrected chi connectivity index (χ0v) is 26.8. The summed E-state index contributed by atoms with van der Waals surface area (Å²) in [5, 5.41) is 5.80. The molecule has 1 fully saturated rings. The zero-order chi connectivity index (χ0) is 32.5. The first-order valence-electron chi connectivity index (χ1n) is 15.2. The molecule has 0 saturated carbocycles. The number of amides is 2. The second-order valence-corrected chi connectivity index (χ2v) is 12.2. The predicted molar refractivity (Wildman–Crippen MR) is 167 cm³/mol. The van der Waals surface area contributed by atoms with Crippen molar-refractivity contribution in [2.24, 2.45) is 11.8 Å². The topological polar surface area (TPSA) is 133 Å². The van der Waals surface area contributed by atoms with E-state index in [1.54, 1.807) is 24.3 Å². The molecule has 4 rings (SSSR count). The second kappa shape index (κ2) is 15.9. The van der Waals surface area contributed by atoms with Crippen LogP contribution in [0.2, 0.25) is 5.02 Å². The first kappa shape index (κ1) is 34.0. The lowest BCUT2D eigenvalue weighted by Crippen LogP contribution is -2.48. The molecule has 2 heterocycles. The van der Waals surface area contributed by atoms with Crippen LogP contribution in [0.4, 0.5) is 0 Å². The van der Waals surface area contributed by atoms with Crippen molar-refractivity contribution in [2.75, 3.05) is 13.7 Å². The van der Waals surface area contributed by atoms with Crippen molar-refractivity contribution in [3.8, 4) is 5.75 Å². The summed E-state index contributed by atoms with van der Waals surface area (Å²) < 4.78 is 22.7. The summed E-state index contributed by atoms with van der Waals surface area (Å²) in [5.74, 6) is -1.99. The number of ether oxygens (including phenoxy) is 4. The van der Waals surface area contributed by atoms with E-state index in [1.165, 1.54) is 13.2 Å². The number of benzene rings is 2. The van der Waals surface area contributed by atoms with Crippen molar-refractivity contribution < 1.29 is 38.1 Å². The number of rotatable bonds is 8. The number of epoxide rings is 1. The fraction of sp³-hybridized carbons (Fsp3) is 0.471. The van der Waals surface area contributed by atoms with Gasteiger partial charge in [-0.3, -0.25) is 14.4 Å². The maximum Gasteiger partial charge on any atom is 0.347 e. The normalized spacial score (nSPS) is 25.5. The molecule has 2 amide bonds. The van der Waals surface area contributed by atoms with Crippen LogP contribution < -0.4 is 15.4 Å². The summed E-state index contributed by atoms with van der Waals surface area (Å²) in [6.45, 7) is 5.72. The van der Waals surface area contributed by atoms with E-state index in [1.807, 2.05) is 51.1 Å². The summed E-state index contributed by atoms with van der Waals surface area (Å²) in [5.41, 5.74) is 1.73. The maximum absolute atomic E-state index is 13.4. The molecule has 11 heteroatoms. The second-order valence-electron chi connectivity index (χ2n) is 11.8. The molecular formula is C34H41ClN2O8. The number of esters is 2. The molecule has 45 heavy (non-hydrogen) atoms. The Morgan fingerprint density at radius 2 is 1.78 bits per heavy atom. The highest BCUT2D eigenvalue weighted by Crippen LogP contribution is 2.45. The van der Waals surface area contributed by atoms with E-state index < -0.39 is 42.0 Å². The number of hydrogen-bond acceptors (Lipinski definition) is 8. The number of methoxy groups -OCH3 is 1. The Labute approximate surface area is 268 Å². The molecule has 0 bridgehead atoms. The third-order valence-corrected chi connectivity index (χ3v) is 8.10. The standard InChI is InChI=1S/C34H41ClN2O8/c1-20(2)17-28-34(41)44-26(21(3)31-32(45-31)23-9-6-5-7-10-23)11-8-12-29(38)37-25(33(40)36-16-15-30(39)43-28)19-22-13-14-27(42-4)24(35)18-22/h5-10,12-14,18,20-21,25-26,28,31-32H,11,15-17,19H2,1-4H3,(H,36,40)(H,37,38)/t21-,25+,26?,28-,31?,32?/m0/s1. The van der Waals surface area contributed by atoms with Gasteiger partial charge in [0.25, 0.3) is 0 Å². The van der Waals surface area contributed by atoms with Crippen molar-refractivity contribution in [2.45, 2.75) is 76.9 Å². The maximum atomic E-state index is 13.4. The lowest BCUT2D eigenvalue weighted by molar-refractivity contribution is -0.174. The Morgan fingerprint density at radius 1 is 1.02 bits per heavy atom. The molecule has 1 saturated heterocycles. The van der Waals surface area contributed by atoms with Gasteiger partial charge in [0, 0.05) is 25.3 Å². The van der Waals surface area contributed by atoms with Crippen molar-refractivity contribution in [1.82, 2.24) is 10.6 Å². The Morgan fingerprint density at radius 3 is 2.47 bits per heavy atom. The van der Waals surface area contributed by atoms with Crippen LogP contribution in [0.15, 0.2) is 60.7 Å². The molecule has 10 nitrogen and oxygen atoms in total. The average molecular weight is 641 g/mol. The monoisotopic (exact) mass is 640 g/mol. The van der Waals surface area contributed by atoms with Gasteiger partial charge in [0.15, 0.2) is 6.10 Å². The van der Waals surface area contributed by atoms with E-state index in [0.29, 0.717) is 16.3 Å². The number of nitrogens with one attached hydrogen (secondary N) is 2. The molecule has 0 aromatic heterocycles. The van der Waals surface area contributed by atoms with Crippen LogP contribution in [-0.4, -0.2) is 61.8 Å². The Balaban J connectivity index is 1.55. The first-order valence-corrected chi connectivity index (χ1v) is 15.6. The third kappa shape index (κ3) is 9.80. The lowest BCUT2D eigenvalue weighted by Gasteiger charge is -2.26. The van der Waals surface area contributed by atoms with Gasteiger partial charge in [-0.25, -0.2) is 4.79 Å². The van der Waals surface area contributed by atoms with Crippen molar-refractivity contribution in [1.29, 1.82) is 0 Å². The Hall–Kier alpha value is -3.89. The average Bonchev–Trinajstić information content (AvgIpc) is 3.80. The number of halogens is 1. The van der Waals surface area contributed by atoms with Crippen LogP contribution >= 0.6 is 11.6 Å². The predicted octanol–water partition coefficient (Wildman–Crippen LogP) is 4.49. The van der Waals surface area contributed by atoms with E-state index in [2.05, 4.69) is 10.6 Å². The molecule has 242 valence electrons. The van der Waals surface area contributed by atoms with E-state index in [0.717, 1.165) is 5.56 Å². The van der Waals surface area contributed by atoms with Gasteiger partial charge in [0.05, 0.1) is 24.7 Å². The number of carbonyl (C=O) groups excluding carboxylic acids is 4. The quantitative estimate of drug-likeness (QED) is 0.319. The SMILES string of the molecule is COc1ccc(C[C@H]2NC(=O)C=CCC([C@H](C)C3OC3c3ccccc3)OC(=O)[C@H](CC(C)C)OC(=O)CCNC2=O)cc1Cl. The molecule has 0 radical (unpaired) electrons. The van der Waals surface area contributed by atoms with Crippen LogP contribution in [0, 0.1) is 11.8 Å². The third-order valence-electron chi connectivity index (χ3n) is 7.80. The fourth-order valence-corrected chi connectivity index (χ4v) is 5.58. The molecule has 3 unspecified atom stereocenters. The molecule has 2 aromatic rings. The summed E-state index contributed by atoms with van der Waals surface area (Å²) in [7, 11) is 1.50. The van der Waals surface area contributed by atoms with Gasteiger partial charge in [-0.05, 0) is 41.7 Å². The van der Waals surface area contributed by atoms with Gasteiger partial charge in [0.1, 0.15) is 24.0 Å². The van der Waals surface area contributed by atoms with E-state index in [4.69, 9.17) is 30.5 Å². The van der Waals surface area contributed by atoms with Gasteiger partial charge < -0.3 is 29.6 Å². The molecule has 2 N–H and O–H groups in total. The zero-order valence-electron chi connectivity index (χ0n) is 26.0. The minimum atomic E-state index is -1.11. The first-order chi connectivity index (χ1) is 21.5. The van der Waals surface area contributed by atoms with Crippen LogP contribution in [0.3, 0.4) is 0 Å². The van der Waals surface area contributed by atoms with Crippen LogP contribution in [0.25, 0.3) is 0 Å². The van der Waals surface area contributed by atoms with Gasteiger partial charge in [0.2, 0.25) is 11.8 Å². The van der Waals surface area contributed by atoms with Crippen molar-refractivity contribution >= 4 is 35.4 Å². The Bertz CT molecular complexity index is 1380. The summed E-state index contributed by atoms with van der Waals surface area (Å²) in [4.78, 5) is 52.3. The molecule has 0 aliphatic carbocycles.